The molecule has 0 radical (unpaired) electrons. The molecule has 1 amide bonds. The van der Waals surface area contributed by atoms with E-state index in [9.17, 15) is 25.0 Å². The minimum Gasteiger partial charge on any atom is -0.410 e. The molecule has 0 bridgehead atoms. The third kappa shape index (κ3) is 3.85. The van der Waals surface area contributed by atoms with E-state index in [4.69, 9.17) is 4.74 Å². The van der Waals surface area contributed by atoms with Crippen molar-refractivity contribution in [3.8, 4) is 5.75 Å². The highest BCUT2D eigenvalue weighted by molar-refractivity contribution is 5.96. The standard InChI is InChI=1S/C18H14N4O6/c1-12-19-11-10-17(13-2-4-14(5-3-13)21(24)25)20(12)18(23)28-16-8-6-15(7-9-16)22(26)27/h2-11,17H,1H3. The van der Waals surface area contributed by atoms with Gasteiger partial charge in [0.15, 0.2) is 0 Å². The van der Waals surface area contributed by atoms with Crippen LogP contribution in [0, 0.1) is 20.2 Å². The Morgan fingerprint density at radius 1 is 1.00 bits per heavy atom. The smallest absolute Gasteiger partial charge is 0.410 e. The maximum Gasteiger partial charge on any atom is 0.421 e. The molecule has 1 aliphatic heterocycles. The van der Waals surface area contributed by atoms with Gasteiger partial charge < -0.3 is 4.74 Å². The third-order valence-corrected chi connectivity index (χ3v) is 4.05. The summed E-state index contributed by atoms with van der Waals surface area (Å²) in [6.07, 6.45) is 2.46. The van der Waals surface area contributed by atoms with Crippen LogP contribution in [-0.2, 0) is 0 Å². The summed E-state index contributed by atoms with van der Waals surface area (Å²) >= 11 is 0. The van der Waals surface area contributed by atoms with Crippen LogP contribution in [0.25, 0.3) is 0 Å². The lowest BCUT2D eigenvalue weighted by Crippen LogP contribution is -2.41. The average Bonchev–Trinajstić information content (AvgIpc) is 2.68. The molecule has 1 heterocycles. The van der Waals surface area contributed by atoms with Gasteiger partial charge in [-0.05, 0) is 42.8 Å². The SMILES string of the molecule is CC1=NC=CC(c2ccc([N+](=O)[O-])cc2)N1C(=O)Oc1ccc([N+](=O)[O-])cc1. The lowest BCUT2D eigenvalue weighted by molar-refractivity contribution is -0.385. The summed E-state index contributed by atoms with van der Waals surface area (Å²) in [5.74, 6) is 0.512. The monoisotopic (exact) mass is 382 g/mol. The van der Waals surface area contributed by atoms with Gasteiger partial charge in [-0.25, -0.2) is 9.79 Å². The Morgan fingerprint density at radius 3 is 2.07 bits per heavy atom. The van der Waals surface area contributed by atoms with Crippen molar-refractivity contribution in [2.45, 2.75) is 13.0 Å². The lowest BCUT2D eigenvalue weighted by atomic mass is 10.0. The summed E-state index contributed by atoms with van der Waals surface area (Å²) < 4.78 is 5.31. The summed E-state index contributed by atoms with van der Waals surface area (Å²) in [6, 6.07) is 10.3. The second-order valence-electron chi connectivity index (χ2n) is 5.80. The van der Waals surface area contributed by atoms with Gasteiger partial charge in [-0.3, -0.25) is 25.1 Å². The van der Waals surface area contributed by atoms with E-state index >= 15 is 0 Å². The molecule has 142 valence electrons. The topological polar surface area (TPSA) is 128 Å². The highest BCUT2D eigenvalue weighted by Gasteiger charge is 2.29. The summed E-state index contributed by atoms with van der Waals surface area (Å²) in [7, 11) is 0. The van der Waals surface area contributed by atoms with Crippen molar-refractivity contribution < 1.29 is 19.4 Å². The summed E-state index contributed by atoms with van der Waals surface area (Å²) in [5.41, 5.74) is 0.452. The summed E-state index contributed by atoms with van der Waals surface area (Å²) in [6.45, 7) is 1.62. The molecule has 0 N–H and O–H groups in total. The van der Waals surface area contributed by atoms with Crippen molar-refractivity contribution >= 4 is 23.3 Å². The van der Waals surface area contributed by atoms with E-state index in [0.717, 1.165) is 0 Å². The van der Waals surface area contributed by atoms with Crippen LogP contribution in [0.15, 0.2) is 65.8 Å². The van der Waals surface area contributed by atoms with Crippen molar-refractivity contribution in [1.29, 1.82) is 0 Å². The molecule has 2 aromatic rings. The molecule has 28 heavy (non-hydrogen) atoms. The Morgan fingerprint density at radius 2 is 1.54 bits per heavy atom. The van der Waals surface area contributed by atoms with Gasteiger partial charge in [0.2, 0.25) is 0 Å². The van der Waals surface area contributed by atoms with Crippen LogP contribution in [0.3, 0.4) is 0 Å². The maximum atomic E-state index is 12.7. The zero-order chi connectivity index (χ0) is 20.3. The fraction of sp³-hybridized carbons (Fsp3) is 0.111. The molecule has 10 heteroatoms. The molecule has 0 spiro atoms. The van der Waals surface area contributed by atoms with Crippen molar-refractivity contribution in [3.05, 3.63) is 86.6 Å². The Kier molecular flexibility index (Phi) is 5.12. The molecule has 0 saturated carbocycles. The first kappa shape index (κ1) is 18.7. The third-order valence-electron chi connectivity index (χ3n) is 4.05. The molecule has 0 fully saturated rings. The normalized spacial score (nSPS) is 15.7. The van der Waals surface area contributed by atoms with E-state index in [1.165, 1.54) is 47.5 Å². The van der Waals surface area contributed by atoms with E-state index < -0.39 is 22.0 Å². The number of carbonyl (C=O) groups is 1. The highest BCUT2D eigenvalue weighted by atomic mass is 16.6. The molecule has 0 aliphatic carbocycles. The van der Waals surface area contributed by atoms with Crippen molar-refractivity contribution in [2.24, 2.45) is 4.99 Å². The zero-order valence-corrected chi connectivity index (χ0v) is 14.6. The summed E-state index contributed by atoms with van der Waals surface area (Å²) in [4.78, 5) is 38.6. The van der Waals surface area contributed by atoms with Crippen LogP contribution < -0.4 is 4.74 Å². The number of rotatable bonds is 4. The van der Waals surface area contributed by atoms with Crippen molar-refractivity contribution in [1.82, 2.24) is 4.90 Å². The quantitative estimate of drug-likeness (QED) is 0.581. The number of amidine groups is 1. The van der Waals surface area contributed by atoms with Gasteiger partial charge in [0.05, 0.1) is 15.9 Å². The molecule has 3 rings (SSSR count). The molecule has 0 saturated heterocycles. The minimum atomic E-state index is -0.734. The van der Waals surface area contributed by atoms with E-state index in [1.54, 1.807) is 25.1 Å². The lowest BCUT2D eigenvalue weighted by Gasteiger charge is -2.30. The number of aliphatic imine (C=N–C) groups is 1. The Balaban J connectivity index is 1.83. The van der Waals surface area contributed by atoms with Crippen molar-refractivity contribution in [3.63, 3.8) is 0 Å². The molecule has 2 aromatic carbocycles. The van der Waals surface area contributed by atoms with E-state index in [2.05, 4.69) is 4.99 Å². The Labute approximate surface area is 158 Å². The molecule has 10 nitrogen and oxygen atoms in total. The maximum absolute atomic E-state index is 12.7. The second kappa shape index (κ2) is 7.66. The van der Waals surface area contributed by atoms with Gasteiger partial charge in [-0.15, -0.1) is 0 Å². The molecule has 1 unspecified atom stereocenters. The van der Waals surface area contributed by atoms with E-state index in [1.807, 2.05) is 0 Å². The molecular formula is C18H14N4O6. The number of hydrogen-bond acceptors (Lipinski definition) is 7. The summed E-state index contributed by atoms with van der Waals surface area (Å²) in [5, 5.41) is 21.5. The van der Waals surface area contributed by atoms with Crippen LogP contribution >= 0.6 is 0 Å². The first-order valence-electron chi connectivity index (χ1n) is 8.08. The van der Waals surface area contributed by atoms with Gasteiger partial charge in [0.1, 0.15) is 11.6 Å². The number of nitro benzene ring substituents is 2. The van der Waals surface area contributed by atoms with Crippen LogP contribution in [0.4, 0.5) is 16.2 Å². The minimum absolute atomic E-state index is 0.0612. The number of benzene rings is 2. The van der Waals surface area contributed by atoms with E-state index in [0.29, 0.717) is 11.4 Å². The van der Waals surface area contributed by atoms with Crippen molar-refractivity contribution in [2.75, 3.05) is 0 Å². The number of hydrogen-bond donors (Lipinski definition) is 0. The largest absolute Gasteiger partial charge is 0.421 e. The molecule has 0 aromatic heterocycles. The van der Waals surface area contributed by atoms with Crippen LogP contribution in [-0.4, -0.2) is 26.7 Å². The fourth-order valence-corrected chi connectivity index (χ4v) is 2.67. The number of nitrogens with zero attached hydrogens (tertiary/aromatic N) is 4. The highest BCUT2D eigenvalue weighted by Crippen LogP contribution is 2.29. The number of nitro groups is 2. The molecule has 1 atom stereocenters. The van der Waals surface area contributed by atoms with Crippen LogP contribution in [0.1, 0.15) is 18.5 Å². The van der Waals surface area contributed by atoms with Gasteiger partial charge >= 0.3 is 6.09 Å². The van der Waals surface area contributed by atoms with Gasteiger partial charge in [0, 0.05) is 30.5 Å². The van der Waals surface area contributed by atoms with E-state index in [-0.39, 0.29) is 17.1 Å². The van der Waals surface area contributed by atoms with Crippen LogP contribution in [0.2, 0.25) is 0 Å². The Bertz CT molecular complexity index is 982. The fourth-order valence-electron chi connectivity index (χ4n) is 2.67. The van der Waals surface area contributed by atoms with Gasteiger partial charge in [-0.1, -0.05) is 0 Å². The number of non-ortho nitro benzene ring substituents is 2. The zero-order valence-electron chi connectivity index (χ0n) is 14.6. The number of ether oxygens (including phenoxy) is 1. The predicted molar refractivity (Wildman–Crippen MR) is 99.0 cm³/mol. The number of amides is 1. The molecular weight excluding hydrogens is 368 g/mol. The predicted octanol–water partition coefficient (Wildman–Crippen LogP) is 3.99. The first-order valence-corrected chi connectivity index (χ1v) is 8.08. The first-order chi connectivity index (χ1) is 13.4. The Hall–Kier alpha value is -4.08. The van der Waals surface area contributed by atoms with Crippen LogP contribution in [0.5, 0.6) is 5.75 Å². The second-order valence-corrected chi connectivity index (χ2v) is 5.80. The van der Waals surface area contributed by atoms with Gasteiger partial charge in [-0.2, -0.15) is 0 Å². The number of carbonyl (C=O) groups excluding carboxylic acids is 1. The van der Waals surface area contributed by atoms with Gasteiger partial charge in [0.25, 0.3) is 11.4 Å². The average molecular weight is 382 g/mol. The molecule has 1 aliphatic rings.